The number of aromatic amines is 1. The van der Waals surface area contributed by atoms with Crippen molar-refractivity contribution in [3.63, 3.8) is 0 Å². The molecule has 0 radical (unpaired) electrons. The van der Waals surface area contributed by atoms with Crippen molar-refractivity contribution in [2.45, 2.75) is 76.5 Å². The monoisotopic (exact) mass is 418 g/mol. The summed E-state index contributed by atoms with van der Waals surface area (Å²) in [6.07, 6.45) is 9.29. The van der Waals surface area contributed by atoms with Gasteiger partial charge in [0.2, 0.25) is 5.91 Å². The number of aromatic nitrogens is 3. The smallest absolute Gasteiger partial charge is 0.228 e. The van der Waals surface area contributed by atoms with Crippen molar-refractivity contribution >= 4 is 5.91 Å². The number of carbonyl (C=O) groups is 1. The van der Waals surface area contributed by atoms with E-state index in [1.165, 1.54) is 30.4 Å². The summed E-state index contributed by atoms with van der Waals surface area (Å²) in [6, 6.07) is 9.22. The molecular weight excluding hydrogens is 384 g/mol. The topological polar surface area (TPSA) is 61.9 Å². The molecule has 1 aliphatic heterocycles. The minimum atomic E-state index is -0.147. The van der Waals surface area contributed by atoms with E-state index in [1.807, 2.05) is 6.92 Å². The third kappa shape index (κ3) is 3.15. The van der Waals surface area contributed by atoms with Gasteiger partial charge in [0, 0.05) is 19.0 Å². The summed E-state index contributed by atoms with van der Waals surface area (Å²) in [4.78, 5) is 20.9. The molecule has 3 unspecified atom stereocenters. The fourth-order valence-corrected chi connectivity index (χ4v) is 8.01. The van der Waals surface area contributed by atoms with Crippen LogP contribution in [0.3, 0.4) is 0 Å². The fourth-order valence-electron chi connectivity index (χ4n) is 8.01. The Bertz CT molecular complexity index is 979. The van der Waals surface area contributed by atoms with E-state index in [0.717, 1.165) is 56.8 Å². The second-order valence-corrected chi connectivity index (χ2v) is 11.3. The maximum atomic E-state index is 14.1. The molecule has 31 heavy (non-hydrogen) atoms. The summed E-state index contributed by atoms with van der Waals surface area (Å²) >= 11 is 0. The molecule has 5 fully saturated rings. The first-order valence-electron chi connectivity index (χ1n) is 12.2. The van der Waals surface area contributed by atoms with Gasteiger partial charge in [0.1, 0.15) is 5.82 Å². The van der Waals surface area contributed by atoms with Crippen LogP contribution < -0.4 is 0 Å². The van der Waals surface area contributed by atoms with Gasteiger partial charge in [-0.1, -0.05) is 29.8 Å². The number of hydrogen-bond acceptors (Lipinski definition) is 3. The molecule has 5 aliphatic rings. The molecule has 5 heteroatoms. The van der Waals surface area contributed by atoms with Crippen molar-refractivity contribution in [2.24, 2.45) is 17.3 Å². The van der Waals surface area contributed by atoms with Crippen molar-refractivity contribution in [3.8, 4) is 0 Å². The standard InChI is InChI=1S/C26H34N4O/c1-17-5-7-22(8-6-17)25-11-19-10-20(12-25)14-26(13-19,16-25)24(31)30-9-3-4-21(15-30)23-27-18(2)28-29-23/h5-8,19-21H,3-4,9-16H2,1-2H3,(H,27,28,29). The first kappa shape index (κ1) is 19.5. The molecule has 4 aliphatic carbocycles. The van der Waals surface area contributed by atoms with E-state index in [0.29, 0.717) is 17.7 Å². The number of aryl methyl sites for hydroxylation is 2. The highest BCUT2D eigenvalue weighted by Crippen LogP contribution is 2.66. The van der Waals surface area contributed by atoms with Crippen LogP contribution in [0.1, 0.15) is 80.1 Å². The largest absolute Gasteiger partial charge is 0.341 e. The Morgan fingerprint density at radius 3 is 2.52 bits per heavy atom. The van der Waals surface area contributed by atoms with Crippen LogP contribution in [0.15, 0.2) is 24.3 Å². The van der Waals surface area contributed by atoms with E-state index in [9.17, 15) is 4.79 Å². The zero-order chi connectivity index (χ0) is 21.2. The van der Waals surface area contributed by atoms with Gasteiger partial charge in [-0.2, -0.15) is 5.10 Å². The second kappa shape index (κ2) is 6.91. The number of H-pyrrole nitrogens is 1. The maximum absolute atomic E-state index is 14.1. The molecule has 5 nitrogen and oxygen atoms in total. The van der Waals surface area contributed by atoms with Crippen molar-refractivity contribution < 1.29 is 4.79 Å². The summed E-state index contributed by atoms with van der Waals surface area (Å²) in [5.41, 5.74) is 2.87. The normalized spacial score (nSPS) is 36.7. The van der Waals surface area contributed by atoms with E-state index in [4.69, 9.17) is 0 Å². The quantitative estimate of drug-likeness (QED) is 0.788. The summed E-state index contributed by atoms with van der Waals surface area (Å²) < 4.78 is 0. The highest BCUT2D eigenvalue weighted by molar-refractivity contribution is 5.84. The summed E-state index contributed by atoms with van der Waals surface area (Å²) in [5, 5.41) is 7.39. The van der Waals surface area contributed by atoms with Gasteiger partial charge in [0.15, 0.2) is 5.82 Å². The number of nitrogens with zero attached hydrogens (tertiary/aromatic N) is 3. The average Bonchev–Trinajstić information content (AvgIpc) is 3.19. The molecule has 0 spiro atoms. The number of piperidine rings is 1. The predicted molar refractivity (Wildman–Crippen MR) is 120 cm³/mol. The van der Waals surface area contributed by atoms with Crippen LogP contribution in [0.5, 0.6) is 0 Å². The minimum Gasteiger partial charge on any atom is -0.341 e. The molecule has 4 bridgehead atoms. The van der Waals surface area contributed by atoms with Crippen LogP contribution >= 0.6 is 0 Å². The SMILES string of the molecule is Cc1ccc(C23CC4CC(CC(C(=O)N5CCCC(c6n[nH]c(C)n6)C5)(C4)C2)C3)cc1. The van der Waals surface area contributed by atoms with Crippen LogP contribution in [0.2, 0.25) is 0 Å². The molecule has 1 amide bonds. The van der Waals surface area contributed by atoms with Crippen LogP contribution in [0.4, 0.5) is 0 Å². The summed E-state index contributed by atoms with van der Waals surface area (Å²) in [7, 11) is 0. The van der Waals surface area contributed by atoms with E-state index in [2.05, 4.69) is 51.3 Å². The Labute approximate surface area is 185 Å². The zero-order valence-corrected chi connectivity index (χ0v) is 18.9. The average molecular weight is 419 g/mol. The molecule has 3 atom stereocenters. The lowest BCUT2D eigenvalue weighted by Crippen LogP contribution is -2.60. The second-order valence-electron chi connectivity index (χ2n) is 11.3. The number of rotatable bonds is 3. The van der Waals surface area contributed by atoms with Gasteiger partial charge in [0.05, 0.1) is 5.41 Å². The molecule has 164 valence electrons. The number of carbonyl (C=O) groups excluding carboxylic acids is 1. The molecule has 7 rings (SSSR count). The number of hydrogen-bond donors (Lipinski definition) is 1. The Kier molecular flexibility index (Phi) is 4.35. The Hall–Kier alpha value is -2.17. The van der Waals surface area contributed by atoms with E-state index in [-0.39, 0.29) is 16.7 Å². The van der Waals surface area contributed by atoms with E-state index < -0.39 is 0 Å². The lowest BCUT2D eigenvalue weighted by atomic mass is 9.42. The van der Waals surface area contributed by atoms with Crippen LogP contribution in [0, 0.1) is 31.1 Å². The Morgan fingerprint density at radius 2 is 1.84 bits per heavy atom. The lowest BCUT2D eigenvalue weighted by Gasteiger charge is -2.62. The molecule has 2 heterocycles. The lowest BCUT2D eigenvalue weighted by molar-refractivity contribution is -0.161. The zero-order valence-electron chi connectivity index (χ0n) is 18.9. The number of likely N-dealkylation sites (tertiary alicyclic amines) is 1. The maximum Gasteiger partial charge on any atom is 0.228 e. The van der Waals surface area contributed by atoms with E-state index >= 15 is 0 Å². The van der Waals surface area contributed by atoms with E-state index in [1.54, 1.807) is 0 Å². The molecule has 4 saturated carbocycles. The van der Waals surface area contributed by atoms with Crippen LogP contribution in [-0.4, -0.2) is 39.1 Å². The Balaban J connectivity index is 1.28. The molecule has 1 saturated heterocycles. The third-order valence-corrected chi connectivity index (χ3v) is 8.87. The molecule has 1 aromatic carbocycles. The predicted octanol–water partition coefficient (Wildman–Crippen LogP) is 4.67. The third-order valence-electron chi connectivity index (χ3n) is 8.87. The molecule has 2 aromatic rings. The van der Waals surface area contributed by atoms with Gasteiger partial charge in [-0.25, -0.2) is 4.98 Å². The van der Waals surface area contributed by atoms with Crippen molar-refractivity contribution in [2.75, 3.05) is 13.1 Å². The molecule has 1 N–H and O–H groups in total. The summed E-state index contributed by atoms with van der Waals surface area (Å²) in [6.45, 7) is 5.79. The number of nitrogens with one attached hydrogen (secondary N) is 1. The van der Waals surface area contributed by atoms with Crippen LogP contribution in [0.25, 0.3) is 0 Å². The molecular formula is C26H34N4O. The summed E-state index contributed by atoms with van der Waals surface area (Å²) in [5.74, 6) is 3.87. The number of amides is 1. The van der Waals surface area contributed by atoms with Crippen molar-refractivity contribution in [3.05, 3.63) is 47.0 Å². The van der Waals surface area contributed by atoms with Crippen molar-refractivity contribution in [1.82, 2.24) is 20.1 Å². The van der Waals surface area contributed by atoms with Crippen molar-refractivity contribution in [1.29, 1.82) is 0 Å². The Morgan fingerprint density at radius 1 is 1.10 bits per heavy atom. The van der Waals surface area contributed by atoms with Crippen LogP contribution in [-0.2, 0) is 10.2 Å². The minimum absolute atomic E-state index is 0.147. The highest BCUT2D eigenvalue weighted by Gasteiger charge is 2.61. The number of benzene rings is 1. The van der Waals surface area contributed by atoms with Gasteiger partial charge in [-0.05, 0) is 88.0 Å². The first-order chi connectivity index (χ1) is 14.9. The fraction of sp³-hybridized carbons (Fsp3) is 0.654. The first-order valence-corrected chi connectivity index (χ1v) is 12.2. The van der Waals surface area contributed by atoms with Gasteiger partial charge in [-0.3, -0.25) is 9.89 Å². The molecule has 1 aromatic heterocycles. The van der Waals surface area contributed by atoms with Gasteiger partial charge in [0.25, 0.3) is 0 Å². The van der Waals surface area contributed by atoms with Gasteiger partial charge in [-0.15, -0.1) is 0 Å². The van der Waals surface area contributed by atoms with Gasteiger partial charge < -0.3 is 4.90 Å². The highest BCUT2D eigenvalue weighted by atomic mass is 16.2. The van der Waals surface area contributed by atoms with Gasteiger partial charge >= 0.3 is 0 Å².